The highest BCUT2D eigenvalue weighted by atomic mass is 16.5. The van der Waals surface area contributed by atoms with Crippen molar-refractivity contribution in [1.82, 2.24) is 9.97 Å². The first-order chi connectivity index (χ1) is 11.7. The molecule has 3 N–H and O–H groups in total. The largest absolute Gasteiger partial charge is 0.494 e. The number of para-hydroxylation sites is 1. The standard InChI is InChI=1S/C18H24N4O2/c19-17-20-10-7-16(21-17)22-11-4-8-18(13-22,14-23)9-12-24-15-5-2-1-3-6-15/h1-3,5-7,10,23H,4,8-9,11-14H2,(H2,19,20,21). The molecular weight excluding hydrogens is 304 g/mol. The third-order valence-corrected chi connectivity index (χ3v) is 4.62. The number of hydrogen-bond acceptors (Lipinski definition) is 6. The molecule has 0 saturated carbocycles. The topological polar surface area (TPSA) is 84.5 Å². The second-order valence-corrected chi connectivity index (χ2v) is 6.37. The van der Waals surface area contributed by atoms with Crippen LogP contribution in [0.15, 0.2) is 42.6 Å². The number of rotatable bonds is 6. The van der Waals surface area contributed by atoms with Gasteiger partial charge in [-0.2, -0.15) is 4.98 Å². The Hall–Kier alpha value is -2.34. The van der Waals surface area contributed by atoms with E-state index in [2.05, 4.69) is 14.9 Å². The number of piperidine rings is 1. The van der Waals surface area contributed by atoms with Gasteiger partial charge in [-0.3, -0.25) is 0 Å². The molecule has 1 fully saturated rings. The Kier molecular flexibility index (Phi) is 5.15. The number of ether oxygens (including phenoxy) is 1. The summed E-state index contributed by atoms with van der Waals surface area (Å²) in [5.41, 5.74) is 5.52. The second kappa shape index (κ2) is 7.49. The first kappa shape index (κ1) is 16.5. The summed E-state index contributed by atoms with van der Waals surface area (Å²) in [6.45, 7) is 2.39. The van der Waals surface area contributed by atoms with Crippen LogP contribution in [0.4, 0.5) is 11.8 Å². The van der Waals surface area contributed by atoms with Crippen LogP contribution in [0.2, 0.25) is 0 Å². The molecule has 6 nitrogen and oxygen atoms in total. The van der Waals surface area contributed by atoms with Crippen LogP contribution in [0.3, 0.4) is 0 Å². The van der Waals surface area contributed by atoms with Crippen molar-refractivity contribution in [3.63, 3.8) is 0 Å². The SMILES string of the molecule is Nc1nccc(N2CCCC(CO)(CCOc3ccccc3)C2)n1. The molecule has 1 aromatic carbocycles. The number of aliphatic hydroxyl groups is 1. The van der Waals surface area contributed by atoms with Gasteiger partial charge in [-0.25, -0.2) is 4.98 Å². The van der Waals surface area contributed by atoms with Crippen molar-refractivity contribution >= 4 is 11.8 Å². The van der Waals surface area contributed by atoms with Crippen LogP contribution < -0.4 is 15.4 Å². The van der Waals surface area contributed by atoms with Gasteiger partial charge in [-0.05, 0) is 37.5 Å². The molecule has 6 heteroatoms. The summed E-state index contributed by atoms with van der Waals surface area (Å²) in [5, 5.41) is 10.0. The lowest BCUT2D eigenvalue weighted by Crippen LogP contribution is -2.46. The summed E-state index contributed by atoms with van der Waals surface area (Å²) in [6.07, 6.45) is 4.47. The van der Waals surface area contributed by atoms with Crippen LogP contribution in [-0.4, -0.2) is 41.4 Å². The number of anilines is 2. The first-order valence-electron chi connectivity index (χ1n) is 8.33. The maximum Gasteiger partial charge on any atom is 0.221 e. The number of nitrogen functional groups attached to an aromatic ring is 1. The van der Waals surface area contributed by atoms with Crippen LogP contribution in [0.5, 0.6) is 5.75 Å². The molecule has 2 heterocycles. The smallest absolute Gasteiger partial charge is 0.221 e. The van der Waals surface area contributed by atoms with Gasteiger partial charge in [0.1, 0.15) is 11.6 Å². The van der Waals surface area contributed by atoms with E-state index in [1.807, 2.05) is 36.4 Å². The van der Waals surface area contributed by atoms with Crippen LogP contribution >= 0.6 is 0 Å². The normalized spacial score (nSPS) is 20.8. The fraction of sp³-hybridized carbons (Fsp3) is 0.444. The van der Waals surface area contributed by atoms with E-state index in [0.717, 1.165) is 43.9 Å². The fourth-order valence-electron chi connectivity index (χ4n) is 3.26. The second-order valence-electron chi connectivity index (χ2n) is 6.37. The summed E-state index contributed by atoms with van der Waals surface area (Å²) < 4.78 is 5.82. The summed E-state index contributed by atoms with van der Waals surface area (Å²) >= 11 is 0. The molecule has 0 bridgehead atoms. The molecule has 128 valence electrons. The minimum absolute atomic E-state index is 0.141. The molecular formula is C18H24N4O2. The molecule has 24 heavy (non-hydrogen) atoms. The highest BCUT2D eigenvalue weighted by Crippen LogP contribution is 2.35. The summed E-state index contributed by atoms with van der Waals surface area (Å²) in [4.78, 5) is 10.4. The van der Waals surface area contributed by atoms with Crippen LogP contribution in [0, 0.1) is 5.41 Å². The molecule has 1 aliphatic heterocycles. The molecule has 3 rings (SSSR count). The maximum absolute atomic E-state index is 10.0. The van der Waals surface area contributed by atoms with E-state index in [0.29, 0.717) is 6.61 Å². The Balaban J connectivity index is 1.63. The van der Waals surface area contributed by atoms with Crippen molar-refractivity contribution in [3.05, 3.63) is 42.6 Å². The molecule has 0 spiro atoms. The Morgan fingerprint density at radius 2 is 2.08 bits per heavy atom. The Morgan fingerprint density at radius 1 is 1.25 bits per heavy atom. The Labute approximate surface area is 142 Å². The zero-order valence-corrected chi connectivity index (χ0v) is 13.8. The molecule has 1 saturated heterocycles. The van der Waals surface area contributed by atoms with E-state index in [9.17, 15) is 5.11 Å². The van der Waals surface area contributed by atoms with Crippen molar-refractivity contribution in [3.8, 4) is 5.75 Å². The molecule has 0 radical (unpaired) electrons. The van der Waals surface area contributed by atoms with Gasteiger partial charge in [0.05, 0.1) is 13.2 Å². The molecule has 0 amide bonds. The molecule has 2 aromatic rings. The van der Waals surface area contributed by atoms with Gasteiger partial charge >= 0.3 is 0 Å². The average molecular weight is 328 g/mol. The minimum Gasteiger partial charge on any atom is -0.494 e. The first-order valence-corrected chi connectivity index (χ1v) is 8.33. The van der Waals surface area contributed by atoms with Gasteiger partial charge in [0.15, 0.2) is 0 Å². The summed E-state index contributed by atoms with van der Waals surface area (Å²) in [6, 6.07) is 11.6. The zero-order valence-electron chi connectivity index (χ0n) is 13.8. The van der Waals surface area contributed by atoms with Gasteiger partial charge in [0.25, 0.3) is 0 Å². The summed E-state index contributed by atoms with van der Waals surface area (Å²) in [5.74, 6) is 1.96. The van der Waals surface area contributed by atoms with E-state index in [1.54, 1.807) is 6.20 Å². The molecule has 0 aliphatic carbocycles. The van der Waals surface area contributed by atoms with Gasteiger partial charge in [0, 0.05) is 24.7 Å². The average Bonchev–Trinajstić information content (AvgIpc) is 2.63. The Bertz CT molecular complexity index is 652. The lowest BCUT2D eigenvalue weighted by molar-refractivity contribution is 0.0792. The van der Waals surface area contributed by atoms with Gasteiger partial charge in [0.2, 0.25) is 5.95 Å². The highest BCUT2D eigenvalue weighted by Gasteiger charge is 2.35. The van der Waals surface area contributed by atoms with Crippen molar-refractivity contribution in [2.45, 2.75) is 19.3 Å². The quantitative estimate of drug-likeness (QED) is 0.845. The lowest BCUT2D eigenvalue weighted by atomic mass is 9.78. The lowest BCUT2D eigenvalue weighted by Gasteiger charge is -2.42. The van der Waals surface area contributed by atoms with Crippen molar-refractivity contribution in [2.24, 2.45) is 5.41 Å². The van der Waals surface area contributed by atoms with E-state index in [-0.39, 0.29) is 18.0 Å². The van der Waals surface area contributed by atoms with Crippen LogP contribution in [0.1, 0.15) is 19.3 Å². The van der Waals surface area contributed by atoms with Gasteiger partial charge in [-0.1, -0.05) is 18.2 Å². The number of nitrogens with zero attached hydrogens (tertiary/aromatic N) is 3. The third-order valence-electron chi connectivity index (χ3n) is 4.62. The monoisotopic (exact) mass is 328 g/mol. The number of hydrogen-bond donors (Lipinski definition) is 2. The van der Waals surface area contributed by atoms with E-state index < -0.39 is 0 Å². The molecule has 1 aliphatic rings. The number of benzene rings is 1. The molecule has 1 unspecified atom stereocenters. The van der Waals surface area contributed by atoms with Crippen molar-refractivity contribution in [2.75, 3.05) is 36.9 Å². The van der Waals surface area contributed by atoms with Crippen LogP contribution in [0.25, 0.3) is 0 Å². The minimum atomic E-state index is -0.174. The highest BCUT2D eigenvalue weighted by molar-refractivity contribution is 5.41. The van der Waals surface area contributed by atoms with Crippen molar-refractivity contribution < 1.29 is 9.84 Å². The van der Waals surface area contributed by atoms with Crippen LogP contribution in [-0.2, 0) is 0 Å². The van der Waals surface area contributed by atoms with E-state index >= 15 is 0 Å². The predicted octanol–water partition coefficient (Wildman–Crippen LogP) is 2.11. The molecule has 1 aromatic heterocycles. The molecule has 1 atom stereocenters. The van der Waals surface area contributed by atoms with Gasteiger partial charge < -0.3 is 20.5 Å². The number of aromatic nitrogens is 2. The maximum atomic E-state index is 10.0. The number of nitrogens with two attached hydrogens (primary N) is 1. The predicted molar refractivity (Wildman–Crippen MR) is 94.0 cm³/mol. The summed E-state index contributed by atoms with van der Waals surface area (Å²) in [7, 11) is 0. The number of aliphatic hydroxyl groups excluding tert-OH is 1. The van der Waals surface area contributed by atoms with Crippen molar-refractivity contribution in [1.29, 1.82) is 0 Å². The Morgan fingerprint density at radius 3 is 2.83 bits per heavy atom. The zero-order chi connectivity index (χ0) is 16.8. The third kappa shape index (κ3) is 3.94. The van der Waals surface area contributed by atoms with E-state index in [4.69, 9.17) is 10.5 Å². The van der Waals surface area contributed by atoms with Gasteiger partial charge in [-0.15, -0.1) is 0 Å². The fourth-order valence-corrected chi connectivity index (χ4v) is 3.26. The van der Waals surface area contributed by atoms with E-state index in [1.165, 1.54) is 0 Å².